The lowest BCUT2D eigenvalue weighted by molar-refractivity contribution is -0.188. The Morgan fingerprint density at radius 3 is 2.68 bits per heavy atom. The molecule has 9 nitrogen and oxygen atoms in total. The maximum atomic E-state index is 11.8. The molecule has 106 valence electrons. The highest BCUT2D eigenvalue weighted by molar-refractivity contribution is 5.78. The summed E-state index contributed by atoms with van der Waals surface area (Å²) in [5.74, 6) is -1.81. The Morgan fingerprint density at radius 2 is 2.11 bits per heavy atom. The first-order valence-electron chi connectivity index (χ1n) is 5.79. The zero-order valence-corrected chi connectivity index (χ0v) is 10.5. The van der Waals surface area contributed by atoms with Crippen LogP contribution >= 0.6 is 0 Å². The van der Waals surface area contributed by atoms with Gasteiger partial charge >= 0.3 is 5.97 Å². The molecule has 2 saturated heterocycles. The van der Waals surface area contributed by atoms with Gasteiger partial charge in [0.2, 0.25) is 0 Å². The molecule has 0 aliphatic carbocycles. The van der Waals surface area contributed by atoms with Crippen molar-refractivity contribution in [2.24, 2.45) is 5.11 Å². The van der Waals surface area contributed by atoms with E-state index < -0.39 is 48.8 Å². The molecule has 2 aliphatic rings. The lowest BCUT2D eigenvalue weighted by Gasteiger charge is -2.35. The van der Waals surface area contributed by atoms with Crippen molar-refractivity contribution in [2.45, 2.75) is 50.1 Å². The Balaban J connectivity index is 2.31. The van der Waals surface area contributed by atoms with Crippen molar-refractivity contribution in [3.63, 3.8) is 0 Å². The number of esters is 1. The molecular weight excluding hydrogens is 258 g/mol. The van der Waals surface area contributed by atoms with Gasteiger partial charge in [0.05, 0.1) is 6.61 Å². The Kier molecular flexibility index (Phi) is 3.66. The predicted molar refractivity (Wildman–Crippen MR) is 59.7 cm³/mol. The Labute approximate surface area is 108 Å². The van der Waals surface area contributed by atoms with E-state index in [1.807, 2.05) is 0 Å². The van der Waals surface area contributed by atoms with Crippen LogP contribution in [-0.2, 0) is 19.0 Å². The summed E-state index contributed by atoms with van der Waals surface area (Å²) in [7, 11) is 0. The number of fused-ring (bicyclic) bond motifs is 1. The predicted octanol–water partition coefficient (Wildman–Crippen LogP) is -0.536. The Morgan fingerprint density at radius 1 is 1.47 bits per heavy atom. The Hall–Kier alpha value is -1.38. The molecule has 0 bridgehead atoms. The first kappa shape index (κ1) is 14.0. The SMILES string of the molecule is CC1(C)O[C@H]2[C@@H]([C@H](O)CO)OC(=O)[C@@H](N=[N+]=[N-])[C@H]2O1. The van der Waals surface area contributed by atoms with Gasteiger partial charge in [0, 0.05) is 4.91 Å². The first-order valence-corrected chi connectivity index (χ1v) is 5.79. The van der Waals surface area contributed by atoms with Crippen molar-refractivity contribution in [1.82, 2.24) is 0 Å². The minimum atomic E-state index is -1.29. The lowest BCUT2D eigenvalue weighted by Crippen LogP contribution is -2.57. The normalized spacial score (nSPS) is 38.0. The van der Waals surface area contributed by atoms with Gasteiger partial charge in [0.15, 0.2) is 17.9 Å². The maximum Gasteiger partial charge on any atom is 0.318 e. The van der Waals surface area contributed by atoms with Crippen LogP contribution in [0.1, 0.15) is 13.8 Å². The van der Waals surface area contributed by atoms with Crippen molar-refractivity contribution in [3.05, 3.63) is 10.4 Å². The van der Waals surface area contributed by atoms with Crippen molar-refractivity contribution < 1.29 is 29.2 Å². The summed E-state index contributed by atoms with van der Waals surface area (Å²) >= 11 is 0. The molecule has 0 aromatic carbocycles. The second kappa shape index (κ2) is 4.95. The van der Waals surface area contributed by atoms with Crippen LogP contribution < -0.4 is 0 Å². The zero-order chi connectivity index (χ0) is 14.2. The first-order chi connectivity index (χ1) is 8.89. The number of carbonyl (C=O) groups is 1. The molecule has 0 unspecified atom stereocenters. The molecule has 0 radical (unpaired) electrons. The van der Waals surface area contributed by atoms with Gasteiger partial charge in [-0.25, -0.2) is 0 Å². The van der Waals surface area contributed by atoms with Crippen LogP contribution in [0.3, 0.4) is 0 Å². The standard InChI is InChI=1S/C10H15N3O6/c1-10(2)18-7-5(12-13-11)9(16)17-6(4(15)3-14)8(7)19-10/h4-8,14-15H,3H2,1-2H3/t4-,5+,6-,7-,8+/m1/s1. The number of nitrogens with zero attached hydrogens (tertiary/aromatic N) is 3. The smallest absolute Gasteiger partial charge is 0.318 e. The molecule has 0 aromatic rings. The third-order valence-corrected chi connectivity index (χ3v) is 3.03. The van der Waals surface area contributed by atoms with Crippen LogP contribution in [0.4, 0.5) is 0 Å². The summed E-state index contributed by atoms with van der Waals surface area (Å²) in [6.45, 7) is 2.67. The molecule has 0 aromatic heterocycles. The van der Waals surface area contributed by atoms with Crippen molar-refractivity contribution in [3.8, 4) is 0 Å². The molecule has 0 amide bonds. The molecule has 2 fully saturated rings. The van der Waals surface area contributed by atoms with Crippen LogP contribution in [-0.4, -0.2) is 59.0 Å². The fourth-order valence-electron chi connectivity index (χ4n) is 2.29. The fraction of sp³-hybridized carbons (Fsp3) is 0.900. The van der Waals surface area contributed by atoms with Crippen LogP contribution in [0.5, 0.6) is 0 Å². The van der Waals surface area contributed by atoms with E-state index in [1.165, 1.54) is 0 Å². The van der Waals surface area contributed by atoms with E-state index in [-0.39, 0.29) is 0 Å². The van der Waals surface area contributed by atoms with E-state index >= 15 is 0 Å². The number of rotatable bonds is 3. The van der Waals surface area contributed by atoms with E-state index in [9.17, 15) is 9.90 Å². The molecule has 0 spiro atoms. The monoisotopic (exact) mass is 273 g/mol. The summed E-state index contributed by atoms with van der Waals surface area (Å²) in [5, 5.41) is 22.0. The highest BCUT2D eigenvalue weighted by Crippen LogP contribution is 2.37. The second-order valence-corrected chi connectivity index (χ2v) is 4.87. The highest BCUT2D eigenvalue weighted by Gasteiger charge is 2.57. The van der Waals surface area contributed by atoms with Gasteiger partial charge in [0.1, 0.15) is 18.3 Å². The summed E-state index contributed by atoms with van der Waals surface area (Å²) in [5.41, 5.74) is 8.47. The van der Waals surface area contributed by atoms with Crippen LogP contribution in [0.15, 0.2) is 5.11 Å². The third-order valence-electron chi connectivity index (χ3n) is 3.03. The molecule has 2 rings (SSSR count). The van der Waals surface area contributed by atoms with Crippen molar-refractivity contribution in [2.75, 3.05) is 6.61 Å². The van der Waals surface area contributed by atoms with E-state index in [0.29, 0.717) is 0 Å². The van der Waals surface area contributed by atoms with Gasteiger partial charge in [-0.05, 0) is 19.4 Å². The lowest BCUT2D eigenvalue weighted by atomic mass is 9.95. The molecule has 2 aliphatic heterocycles. The highest BCUT2D eigenvalue weighted by atomic mass is 16.8. The molecule has 2 heterocycles. The van der Waals surface area contributed by atoms with Gasteiger partial charge in [-0.1, -0.05) is 5.11 Å². The number of aliphatic hydroxyl groups excluding tert-OH is 2. The largest absolute Gasteiger partial charge is 0.456 e. The van der Waals surface area contributed by atoms with Crippen molar-refractivity contribution in [1.29, 1.82) is 0 Å². The number of ether oxygens (including phenoxy) is 3. The van der Waals surface area contributed by atoms with E-state index in [4.69, 9.17) is 24.8 Å². The minimum absolute atomic E-state index is 0.586. The van der Waals surface area contributed by atoms with Gasteiger partial charge in [-0.2, -0.15) is 0 Å². The number of hydrogen-bond acceptors (Lipinski definition) is 7. The van der Waals surface area contributed by atoms with Gasteiger partial charge in [-0.15, -0.1) is 0 Å². The molecule has 0 saturated carbocycles. The number of hydrogen-bond donors (Lipinski definition) is 2. The summed E-state index contributed by atoms with van der Waals surface area (Å²) < 4.78 is 16.1. The average Bonchev–Trinajstić information content (AvgIpc) is 2.67. The maximum absolute atomic E-state index is 11.8. The van der Waals surface area contributed by atoms with E-state index in [0.717, 1.165) is 0 Å². The van der Waals surface area contributed by atoms with Crippen LogP contribution in [0.25, 0.3) is 10.4 Å². The summed E-state index contributed by atoms with van der Waals surface area (Å²) in [6, 6.07) is -1.17. The van der Waals surface area contributed by atoms with Gasteiger partial charge in [0.25, 0.3) is 0 Å². The molecular formula is C10H15N3O6. The molecule has 5 atom stereocenters. The van der Waals surface area contributed by atoms with Crippen molar-refractivity contribution >= 4 is 5.97 Å². The molecule has 19 heavy (non-hydrogen) atoms. The zero-order valence-electron chi connectivity index (χ0n) is 10.5. The van der Waals surface area contributed by atoms with Gasteiger partial charge < -0.3 is 24.4 Å². The summed E-state index contributed by atoms with van der Waals surface area (Å²) in [6.07, 6.45) is -4.00. The average molecular weight is 273 g/mol. The fourth-order valence-corrected chi connectivity index (χ4v) is 2.29. The Bertz CT molecular complexity index is 421. The topological polar surface area (TPSA) is 134 Å². The van der Waals surface area contributed by atoms with Crippen LogP contribution in [0, 0.1) is 0 Å². The number of cyclic esters (lactones) is 1. The molecule has 2 N–H and O–H groups in total. The quantitative estimate of drug-likeness (QED) is 0.307. The van der Waals surface area contributed by atoms with E-state index in [1.54, 1.807) is 13.8 Å². The number of carbonyl (C=O) groups excluding carboxylic acids is 1. The van der Waals surface area contributed by atoms with E-state index in [2.05, 4.69) is 10.0 Å². The minimum Gasteiger partial charge on any atom is -0.456 e. The summed E-state index contributed by atoms with van der Waals surface area (Å²) in [4.78, 5) is 14.3. The van der Waals surface area contributed by atoms with Crippen LogP contribution in [0.2, 0.25) is 0 Å². The molecule has 9 heteroatoms. The number of azide groups is 1. The number of aliphatic hydroxyl groups is 2. The third kappa shape index (κ3) is 2.51. The van der Waals surface area contributed by atoms with Gasteiger partial charge in [-0.3, -0.25) is 4.79 Å². The second-order valence-electron chi connectivity index (χ2n) is 4.87.